The van der Waals surface area contributed by atoms with Crippen LogP contribution in [0.1, 0.15) is 19.3 Å². The van der Waals surface area contributed by atoms with Crippen LogP contribution in [-0.4, -0.2) is 36.6 Å². The van der Waals surface area contributed by atoms with Crippen LogP contribution in [0, 0.1) is 47.3 Å². The normalized spacial score (nSPS) is 81.6. The molecule has 4 saturated heterocycles. The van der Waals surface area contributed by atoms with Gasteiger partial charge < -0.3 is 14.2 Å². The van der Waals surface area contributed by atoms with Crippen LogP contribution in [0.4, 0.5) is 0 Å². The van der Waals surface area contributed by atoms with Gasteiger partial charge in [0.2, 0.25) is 0 Å². The largest absolute Gasteiger partial charge is 0.373 e. The van der Waals surface area contributed by atoms with Crippen LogP contribution in [0.25, 0.3) is 0 Å². The van der Waals surface area contributed by atoms with Gasteiger partial charge in [0.1, 0.15) is 0 Å². The molecular weight excluding hydrogens is 252 g/mol. The molecule has 4 aliphatic heterocycles. The SMILES string of the molecule is C1OC1C[C@]12O[C@]3(CC4CO4)C4C5C(C41)[C@H]1C[C@@H]5C3C12. The van der Waals surface area contributed by atoms with Gasteiger partial charge in [-0.1, -0.05) is 0 Å². The molecule has 20 heavy (non-hydrogen) atoms. The van der Waals surface area contributed by atoms with Crippen molar-refractivity contribution in [3.8, 4) is 0 Å². The first-order chi connectivity index (χ1) is 9.83. The molecule has 5 saturated carbocycles. The highest BCUT2D eigenvalue weighted by molar-refractivity contribution is 5.43. The van der Waals surface area contributed by atoms with Gasteiger partial charge in [0, 0.05) is 12.8 Å². The van der Waals surface area contributed by atoms with E-state index in [1.54, 1.807) is 6.42 Å². The molecule has 5 aliphatic carbocycles. The van der Waals surface area contributed by atoms with Gasteiger partial charge >= 0.3 is 0 Å². The average molecular weight is 272 g/mol. The zero-order valence-electron chi connectivity index (χ0n) is 11.5. The lowest BCUT2D eigenvalue weighted by Crippen LogP contribution is -2.52. The lowest BCUT2D eigenvalue weighted by molar-refractivity contribution is -0.0844. The Bertz CT molecular complexity index is 517. The van der Waals surface area contributed by atoms with Crippen molar-refractivity contribution in [1.82, 2.24) is 0 Å². The average Bonchev–Trinajstić information content (AvgIpc) is 3.19. The maximum atomic E-state index is 7.08. The lowest BCUT2D eigenvalue weighted by Gasteiger charge is -2.47. The van der Waals surface area contributed by atoms with E-state index in [0.717, 1.165) is 60.6 Å². The van der Waals surface area contributed by atoms with Crippen molar-refractivity contribution in [1.29, 1.82) is 0 Å². The Morgan fingerprint density at radius 1 is 0.750 bits per heavy atom. The summed E-state index contributed by atoms with van der Waals surface area (Å²) in [7, 11) is 0. The van der Waals surface area contributed by atoms with E-state index in [4.69, 9.17) is 14.2 Å². The van der Waals surface area contributed by atoms with Crippen molar-refractivity contribution in [3.63, 3.8) is 0 Å². The van der Waals surface area contributed by atoms with Crippen molar-refractivity contribution in [2.24, 2.45) is 47.3 Å². The van der Waals surface area contributed by atoms with E-state index in [1.807, 2.05) is 0 Å². The third-order valence-electron chi connectivity index (χ3n) is 9.04. The Labute approximate surface area is 118 Å². The summed E-state index contributed by atoms with van der Waals surface area (Å²) in [5, 5.41) is 0. The van der Waals surface area contributed by atoms with Crippen LogP contribution >= 0.6 is 0 Å². The van der Waals surface area contributed by atoms with Gasteiger partial charge in [-0.2, -0.15) is 0 Å². The molecule has 4 bridgehead atoms. The molecule has 0 aromatic rings. The highest BCUT2D eigenvalue weighted by atomic mass is 16.6. The van der Waals surface area contributed by atoms with Gasteiger partial charge in [-0.3, -0.25) is 0 Å². The van der Waals surface area contributed by atoms with E-state index in [2.05, 4.69) is 0 Å². The van der Waals surface area contributed by atoms with Crippen molar-refractivity contribution >= 4 is 0 Å². The summed E-state index contributed by atoms with van der Waals surface area (Å²) in [6, 6.07) is 0. The summed E-state index contributed by atoms with van der Waals surface area (Å²) in [4.78, 5) is 0. The van der Waals surface area contributed by atoms with Crippen LogP contribution < -0.4 is 0 Å². The zero-order valence-corrected chi connectivity index (χ0v) is 11.5. The van der Waals surface area contributed by atoms with Gasteiger partial charge in [-0.05, 0) is 53.8 Å². The molecular formula is C17H20O3. The molecule has 0 spiro atoms. The first kappa shape index (κ1) is 9.81. The second-order valence-electron chi connectivity index (χ2n) is 9.15. The Kier molecular flexibility index (Phi) is 1.19. The van der Waals surface area contributed by atoms with Crippen LogP contribution in [0.3, 0.4) is 0 Å². The topological polar surface area (TPSA) is 34.3 Å². The Balaban J connectivity index is 1.35. The summed E-state index contributed by atoms with van der Waals surface area (Å²) < 4.78 is 18.3. The molecule has 0 N–H and O–H groups in total. The molecule has 0 amide bonds. The van der Waals surface area contributed by atoms with E-state index >= 15 is 0 Å². The molecule has 4 heterocycles. The third-order valence-corrected chi connectivity index (χ3v) is 9.04. The van der Waals surface area contributed by atoms with Crippen molar-refractivity contribution in [2.45, 2.75) is 42.7 Å². The number of epoxide rings is 2. The van der Waals surface area contributed by atoms with Crippen molar-refractivity contribution in [2.75, 3.05) is 13.2 Å². The quantitative estimate of drug-likeness (QED) is 0.727. The number of hydrogen-bond donors (Lipinski definition) is 0. The fraction of sp³-hybridized carbons (Fsp3) is 1.00. The minimum atomic E-state index is 0.266. The summed E-state index contributed by atoms with van der Waals surface area (Å²) >= 11 is 0. The van der Waals surface area contributed by atoms with Gasteiger partial charge in [0.15, 0.2) is 0 Å². The fourth-order valence-electron chi connectivity index (χ4n) is 9.22. The molecule has 3 heteroatoms. The molecule has 0 aromatic heterocycles. The van der Waals surface area contributed by atoms with E-state index < -0.39 is 0 Å². The van der Waals surface area contributed by atoms with E-state index in [9.17, 15) is 0 Å². The molecule has 106 valence electrons. The van der Waals surface area contributed by atoms with Crippen LogP contribution in [-0.2, 0) is 14.2 Å². The highest BCUT2D eigenvalue weighted by Crippen LogP contribution is 2.94. The molecule has 12 atom stereocenters. The first-order valence-electron chi connectivity index (χ1n) is 8.77. The minimum absolute atomic E-state index is 0.266. The predicted octanol–water partition coefficient (Wildman–Crippen LogP) is 1.46. The Hall–Kier alpha value is -0.120. The highest BCUT2D eigenvalue weighted by Gasteiger charge is 2.96. The fourth-order valence-corrected chi connectivity index (χ4v) is 9.22. The Morgan fingerprint density at radius 3 is 1.70 bits per heavy atom. The molecule has 9 aliphatic rings. The lowest BCUT2D eigenvalue weighted by atomic mass is 9.53. The maximum Gasteiger partial charge on any atom is 0.0837 e. The number of hydrogen-bond acceptors (Lipinski definition) is 3. The predicted molar refractivity (Wildman–Crippen MR) is 67.8 cm³/mol. The van der Waals surface area contributed by atoms with Crippen molar-refractivity contribution in [3.05, 3.63) is 0 Å². The monoisotopic (exact) mass is 272 g/mol. The third kappa shape index (κ3) is 0.691. The van der Waals surface area contributed by atoms with Crippen LogP contribution in [0.2, 0.25) is 0 Å². The number of ether oxygens (including phenoxy) is 3. The van der Waals surface area contributed by atoms with Gasteiger partial charge in [-0.25, -0.2) is 0 Å². The van der Waals surface area contributed by atoms with E-state index in [0.29, 0.717) is 12.2 Å². The molecule has 0 radical (unpaired) electrons. The number of rotatable bonds is 4. The molecule has 9 fully saturated rings. The molecule has 8 unspecified atom stereocenters. The molecule has 9 rings (SSSR count). The second-order valence-corrected chi connectivity index (χ2v) is 9.15. The first-order valence-corrected chi connectivity index (χ1v) is 8.77. The summed E-state index contributed by atoms with van der Waals surface area (Å²) in [5.41, 5.74) is 0.533. The van der Waals surface area contributed by atoms with Gasteiger partial charge in [0.05, 0.1) is 36.6 Å². The summed E-state index contributed by atoms with van der Waals surface area (Å²) in [5.74, 6) is 7.90. The van der Waals surface area contributed by atoms with Crippen molar-refractivity contribution < 1.29 is 14.2 Å². The van der Waals surface area contributed by atoms with Crippen LogP contribution in [0.15, 0.2) is 0 Å². The van der Waals surface area contributed by atoms with Gasteiger partial charge in [-0.15, -0.1) is 0 Å². The van der Waals surface area contributed by atoms with E-state index in [-0.39, 0.29) is 11.2 Å². The minimum Gasteiger partial charge on any atom is -0.373 e. The smallest absolute Gasteiger partial charge is 0.0837 e. The van der Waals surface area contributed by atoms with Crippen LogP contribution in [0.5, 0.6) is 0 Å². The molecule has 3 nitrogen and oxygen atoms in total. The Morgan fingerprint density at radius 2 is 1.25 bits per heavy atom. The maximum absolute atomic E-state index is 7.08. The van der Waals surface area contributed by atoms with Gasteiger partial charge in [0.25, 0.3) is 0 Å². The standard InChI is InChI=1S/C17H20O3/c1-8-10-11-9(1)13-12(8)16(2-6-4-18-6)14(10)15(11)17(13,20-16)3-7-5-19-7/h6-15H,1-5H2/t6?,7?,8-,9+,10?,11?,12?,13?,14?,15?,16-,17+. The summed E-state index contributed by atoms with van der Waals surface area (Å²) in [6.07, 6.45) is 5.10. The molecule has 0 aromatic carbocycles. The van der Waals surface area contributed by atoms with E-state index in [1.165, 1.54) is 12.8 Å². The summed E-state index contributed by atoms with van der Waals surface area (Å²) in [6.45, 7) is 2.00. The zero-order chi connectivity index (χ0) is 12.4. The second kappa shape index (κ2) is 2.43.